The number of nitrogens with two attached hydrogens (primary N) is 1. The van der Waals surface area contributed by atoms with Gasteiger partial charge in [0.05, 0.1) is 21.5 Å². The number of rotatable bonds is 5. The molecule has 0 aliphatic heterocycles. The van der Waals surface area contributed by atoms with Crippen LogP contribution in [-0.2, 0) is 14.8 Å². The van der Waals surface area contributed by atoms with Gasteiger partial charge in [0, 0.05) is 0 Å². The summed E-state index contributed by atoms with van der Waals surface area (Å²) in [5, 5.41) is 4.94. The first kappa shape index (κ1) is 16.1. The molecule has 0 saturated heterocycles. The van der Waals surface area contributed by atoms with Gasteiger partial charge in [-0.2, -0.15) is 0 Å². The molecule has 0 aromatic heterocycles. The predicted octanol–water partition coefficient (Wildman–Crippen LogP) is 2.19. The molecule has 2 N–H and O–H groups in total. The van der Waals surface area contributed by atoms with Gasteiger partial charge in [0.25, 0.3) is 0 Å². The lowest BCUT2D eigenvalue weighted by Crippen LogP contribution is -2.16. The molecule has 0 aliphatic rings. The number of unbranched alkanes of at least 4 members (excludes halogenated alkanes) is 1. The van der Waals surface area contributed by atoms with Crippen LogP contribution in [0, 0.1) is 5.82 Å². The number of hydrogen-bond donors (Lipinski definition) is 1. The van der Waals surface area contributed by atoms with Crippen LogP contribution < -0.4 is 5.14 Å². The quantitative estimate of drug-likeness (QED) is 0.649. The largest absolute Gasteiger partial charge is 0.462 e. The molecule has 1 aromatic carbocycles. The maximum atomic E-state index is 13.3. The number of hydrogen-bond acceptors (Lipinski definition) is 4. The number of esters is 1. The lowest BCUT2D eigenvalue weighted by molar-refractivity contribution is 0.0497. The van der Waals surface area contributed by atoms with Crippen LogP contribution in [0.5, 0.6) is 0 Å². The van der Waals surface area contributed by atoms with Gasteiger partial charge in [-0.05, 0) is 34.5 Å². The summed E-state index contributed by atoms with van der Waals surface area (Å²) < 4.78 is 40.7. The van der Waals surface area contributed by atoms with Crippen LogP contribution in [0.15, 0.2) is 21.5 Å². The van der Waals surface area contributed by atoms with E-state index in [1.807, 2.05) is 6.92 Å². The average molecular weight is 354 g/mol. The summed E-state index contributed by atoms with van der Waals surface area (Å²) in [7, 11) is -4.13. The maximum absolute atomic E-state index is 13.3. The summed E-state index contributed by atoms with van der Waals surface area (Å²) >= 11 is 2.93. The summed E-state index contributed by atoms with van der Waals surface area (Å²) in [6.07, 6.45) is 1.50. The molecule has 0 bridgehead atoms. The Morgan fingerprint density at radius 3 is 2.63 bits per heavy atom. The van der Waals surface area contributed by atoms with E-state index >= 15 is 0 Å². The second-order valence-corrected chi connectivity index (χ2v) is 6.12. The van der Waals surface area contributed by atoms with E-state index in [9.17, 15) is 17.6 Å². The number of carbonyl (C=O) groups excluding carboxylic acids is 1. The number of carbonyl (C=O) groups is 1. The van der Waals surface area contributed by atoms with Gasteiger partial charge < -0.3 is 4.74 Å². The first-order valence-electron chi connectivity index (χ1n) is 5.46. The molecule has 0 spiro atoms. The zero-order valence-electron chi connectivity index (χ0n) is 10.2. The maximum Gasteiger partial charge on any atom is 0.339 e. The van der Waals surface area contributed by atoms with E-state index in [4.69, 9.17) is 9.88 Å². The average Bonchev–Trinajstić information content (AvgIpc) is 2.30. The number of primary sulfonamides is 1. The van der Waals surface area contributed by atoms with Gasteiger partial charge in [-0.3, -0.25) is 0 Å². The standard InChI is InChI=1S/C11H13BrFNO4S/c1-2-3-4-18-11(15)8-5-7(13)6-9(10(8)12)19(14,16)17/h5-6H,2-4H2,1H3,(H2,14,16,17). The van der Waals surface area contributed by atoms with Crippen LogP contribution >= 0.6 is 15.9 Å². The van der Waals surface area contributed by atoms with E-state index in [1.54, 1.807) is 0 Å². The zero-order chi connectivity index (χ0) is 14.6. The predicted molar refractivity (Wildman–Crippen MR) is 70.7 cm³/mol. The fraction of sp³-hybridized carbons (Fsp3) is 0.364. The summed E-state index contributed by atoms with van der Waals surface area (Å²) in [6.45, 7) is 2.11. The van der Waals surface area contributed by atoms with Crippen molar-refractivity contribution in [3.8, 4) is 0 Å². The third-order valence-corrected chi connectivity index (χ3v) is 4.31. The van der Waals surface area contributed by atoms with Gasteiger partial charge in [0.1, 0.15) is 5.82 Å². The topological polar surface area (TPSA) is 86.5 Å². The fourth-order valence-corrected chi connectivity index (χ4v) is 3.01. The molecule has 106 valence electrons. The molecule has 1 rings (SSSR count). The Morgan fingerprint density at radius 2 is 2.11 bits per heavy atom. The number of ether oxygens (including phenoxy) is 1. The number of benzene rings is 1. The van der Waals surface area contributed by atoms with Gasteiger partial charge in [0.2, 0.25) is 10.0 Å². The van der Waals surface area contributed by atoms with Gasteiger partial charge in [0.15, 0.2) is 0 Å². The second-order valence-electron chi connectivity index (χ2n) is 3.80. The van der Waals surface area contributed by atoms with Crippen LogP contribution in [0.3, 0.4) is 0 Å². The second kappa shape index (κ2) is 6.44. The van der Waals surface area contributed by atoms with E-state index in [0.29, 0.717) is 6.42 Å². The zero-order valence-corrected chi connectivity index (χ0v) is 12.6. The molecule has 19 heavy (non-hydrogen) atoms. The van der Waals surface area contributed by atoms with Gasteiger partial charge in [-0.25, -0.2) is 22.7 Å². The molecule has 0 radical (unpaired) electrons. The monoisotopic (exact) mass is 353 g/mol. The first-order valence-corrected chi connectivity index (χ1v) is 7.80. The minimum atomic E-state index is -4.13. The van der Waals surface area contributed by atoms with Crippen molar-refractivity contribution in [2.45, 2.75) is 24.7 Å². The van der Waals surface area contributed by atoms with Crippen molar-refractivity contribution >= 4 is 31.9 Å². The molecule has 0 unspecified atom stereocenters. The van der Waals surface area contributed by atoms with Crippen molar-refractivity contribution in [3.05, 3.63) is 28.0 Å². The molecular weight excluding hydrogens is 341 g/mol. The number of halogens is 2. The first-order chi connectivity index (χ1) is 8.77. The molecule has 0 aliphatic carbocycles. The normalized spacial score (nSPS) is 11.4. The van der Waals surface area contributed by atoms with Crippen LogP contribution in [0.2, 0.25) is 0 Å². The Kier molecular flexibility index (Phi) is 5.45. The molecule has 0 fully saturated rings. The van der Waals surface area contributed by atoms with Gasteiger partial charge in [-0.1, -0.05) is 13.3 Å². The molecule has 0 heterocycles. The van der Waals surface area contributed by atoms with Gasteiger partial charge in [-0.15, -0.1) is 0 Å². The lowest BCUT2D eigenvalue weighted by atomic mass is 10.2. The summed E-state index contributed by atoms with van der Waals surface area (Å²) in [4.78, 5) is 11.2. The SMILES string of the molecule is CCCCOC(=O)c1cc(F)cc(S(N)(=O)=O)c1Br. The molecule has 5 nitrogen and oxygen atoms in total. The van der Waals surface area contributed by atoms with Crippen molar-refractivity contribution in [2.75, 3.05) is 6.61 Å². The van der Waals surface area contributed by atoms with Crippen molar-refractivity contribution < 1.29 is 22.3 Å². The fourth-order valence-electron chi connectivity index (χ4n) is 1.31. The highest BCUT2D eigenvalue weighted by Crippen LogP contribution is 2.27. The molecule has 1 aromatic rings. The van der Waals surface area contributed by atoms with Crippen LogP contribution in [-0.4, -0.2) is 21.0 Å². The van der Waals surface area contributed by atoms with Crippen molar-refractivity contribution in [1.82, 2.24) is 0 Å². The smallest absolute Gasteiger partial charge is 0.339 e. The Hall–Kier alpha value is -0.990. The van der Waals surface area contributed by atoms with Crippen molar-refractivity contribution in [2.24, 2.45) is 5.14 Å². The van der Waals surface area contributed by atoms with Crippen molar-refractivity contribution in [1.29, 1.82) is 0 Å². The lowest BCUT2D eigenvalue weighted by Gasteiger charge is -2.09. The minimum absolute atomic E-state index is 0.0992. The van der Waals surface area contributed by atoms with E-state index in [0.717, 1.165) is 18.6 Å². The van der Waals surface area contributed by atoms with E-state index in [1.165, 1.54) is 0 Å². The Balaban J connectivity index is 3.15. The van der Waals surface area contributed by atoms with E-state index in [-0.39, 0.29) is 16.6 Å². The highest BCUT2D eigenvalue weighted by molar-refractivity contribution is 9.10. The summed E-state index contributed by atoms with van der Waals surface area (Å²) in [6, 6.07) is 1.63. The van der Waals surface area contributed by atoms with Crippen LogP contribution in [0.1, 0.15) is 30.1 Å². The van der Waals surface area contributed by atoms with Crippen molar-refractivity contribution in [3.63, 3.8) is 0 Å². The Labute approximate surface area is 119 Å². The van der Waals surface area contributed by atoms with Gasteiger partial charge >= 0.3 is 5.97 Å². The minimum Gasteiger partial charge on any atom is -0.462 e. The summed E-state index contributed by atoms with van der Waals surface area (Å²) in [5.74, 6) is -1.68. The highest BCUT2D eigenvalue weighted by atomic mass is 79.9. The number of sulfonamides is 1. The molecular formula is C11H13BrFNO4S. The van der Waals surface area contributed by atoms with E-state index in [2.05, 4.69) is 15.9 Å². The molecule has 0 atom stereocenters. The molecule has 0 saturated carbocycles. The van der Waals surface area contributed by atoms with Crippen LogP contribution in [0.4, 0.5) is 4.39 Å². The third kappa shape index (κ3) is 4.26. The third-order valence-electron chi connectivity index (χ3n) is 2.26. The Bertz CT molecular complexity index is 589. The van der Waals surface area contributed by atoms with Crippen LogP contribution in [0.25, 0.3) is 0 Å². The molecule has 8 heteroatoms. The Morgan fingerprint density at radius 1 is 1.47 bits per heavy atom. The molecule has 0 amide bonds. The summed E-state index contributed by atoms with van der Waals surface area (Å²) in [5.41, 5.74) is -0.208. The highest BCUT2D eigenvalue weighted by Gasteiger charge is 2.22. The van der Waals surface area contributed by atoms with E-state index < -0.39 is 26.7 Å².